The third kappa shape index (κ3) is 3.02. The van der Waals surface area contributed by atoms with Gasteiger partial charge in [0.2, 0.25) is 5.95 Å². The minimum atomic E-state index is -0.625. The number of nitrogens with one attached hydrogen (secondary N) is 1. The number of fused-ring (bicyclic) bond motifs is 2. The standard InChI is InChI=1S/C21H15FN2O/c22-20(24-12-11-16-6-3-4-8-19(16)24)14-21(25)23-18-10-9-15-5-1-2-7-17(15)13-18/h1-14H,(H,23,25)/b20-14+. The summed E-state index contributed by atoms with van der Waals surface area (Å²) < 4.78 is 15.8. The zero-order valence-electron chi connectivity index (χ0n) is 13.3. The Bertz CT molecular complexity index is 1110. The van der Waals surface area contributed by atoms with Gasteiger partial charge in [-0.3, -0.25) is 9.36 Å². The first kappa shape index (κ1) is 15.1. The summed E-state index contributed by atoms with van der Waals surface area (Å²) in [7, 11) is 0. The molecule has 0 radical (unpaired) electrons. The van der Waals surface area contributed by atoms with Crippen LogP contribution >= 0.6 is 0 Å². The molecule has 25 heavy (non-hydrogen) atoms. The second-order valence-corrected chi connectivity index (χ2v) is 5.76. The van der Waals surface area contributed by atoms with Gasteiger partial charge in [0.05, 0.1) is 11.6 Å². The Labute approximate surface area is 144 Å². The van der Waals surface area contributed by atoms with E-state index in [-0.39, 0.29) is 0 Å². The number of hydrogen-bond donors (Lipinski definition) is 1. The van der Waals surface area contributed by atoms with Crippen LogP contribution in [0, 0.1) is 0 Å². The van der Waals surface area contributed by atoms with Crippen LogP contribution in [0.1, 0.15) is 0 Å². The number of rotatable bonds is 3. The van der Waals surface area contributed by atoms with Crippen LogP contribution in [0.3, 0.4) is 0 Å². The number of anilines is 1. The highest BCUT2D eigenvalue weighted by Gasteiger charge is 2.07. The van der Waals surface area contributed by atoms with Crippen LogP contribution < -0.4 is 5.32 Å². The fourth-order valence-corrected chi connectivity index (χ4v) is 2.89. The van der Waals surface area contributed by atoms with Gasteiger partial charge in [0.1, 0.15) is 0 Å². The number of hydrogen-bond acceptors (Lipinski definition) is 1. The molecule has 0 aliphatic heterocycles. The summed E-state index contributed by atoms with van der Waals surface area (Å²) in [6.45, 7) is 0. The van der Waals surface area contributed by atoms with Crippen molar-refractivity contribution in [2.45, 2.75) is 0 Å². The first-order chi connectivity index (χ1) is 12.2. The SMILES string of the molecule is O=C(/C=C(\F)n1ccc2ccccc21)Nc1ccc2ccccc2c1. The summed E-state index contributed by atoms with van der Waals surface area (Å²) >= 11 is 0. The molecule has 1 N–H and O–H groups in total. The lowest BCUT2D eigenvalue weighted by molar-refractivity contribution is -0.111. The van der Waals surface area contributed by atoms with Crippen molar-refractivity contribution in [3.8, 4) is 0 Å². The van der Waals surface area contributed by atoms with E-state index in [1.165, 1.54) is 4.57 Å². The minimum Gasteiger partial charge on any atom is -0.322 e. The number of amides is 1. The third-order valence-electron chi connectivity index (χ3n) is 4.10. The predicted molar refractivity (Wildman–Crippen MR) is 99.9 cm³/mol. The van der Waals surface area contributed by atoms with Gasteiger partial charge < -0.3 is 5.32 Å². The Morgan fingerprint density at radius 3 is 2.44 bits per heavy atom. The van der Waals surface area contributed by atoms with Crippen molar-refractivity contribution in [3.63, 3.8) is 0 Å². The topological polar surface area (TPSA) is 34.0 Å². The predicted octanol–water partition coefficient (Wildman–Crippen LogP) is 5.20. The third-order valence-corrected chi connectivity index (χ3v) is 4.10. The summed E-state index contributed by atoms with van der Waals surface area (Å²) in [6.07, 6.45) is 2.57. The summed E-state index contributed by atoms with van der Waals surface area (Å²) in [5, 5.41) is 5.72. The number of aromatic nitrogens is 1. The van der Waals surface area contributed by atoms with Crippen molar-refractivity contribution < 1.29 is 9.18 Å². The van der Waals surface area contributed by atoms with Crippen molar-refractivity contribution in [1.82, 2.24) is 4.57 Å². The highest BCUT2D eigenvalue weighted by atomic mass is 19.1. The number of carbonyl (C=O) groups is 1. The molecule has 4 aromatic rings. The van der Waals surface area contributed by atoms with Gasteiger partial charge in [0.15, 0.2) is 0 Å². The van der Waals surface area contributed by atoms with Crippen LogP contribution in [0.15, 0.2) is 85.1 Å². The molecule has 122 valence electrons. The van der Waals surface area contributed by atoms with E-state index in [1.807, 2.05) is 66.7 Å². The van der Waals surface area contributed by atoms with Crippen molar-refractivity contribution in [1.29, 1.82) is 0 Å². The van der Waals surface area contributed by atoms with E-state index in [2.05, 4.69) is 5.32 Å². The normalized spacial score (nSPS) is 11.8. The summed E-state index contributed by atoms with van der Waals surface area (Å²) in [6, 6.07) is 22.7. The lowest BCUT2D eigenvalue weighted by atomic mass is 10.1. The summed E-state index contributed by atoms with van der Waals surface area (Å²) in [5.74, 6) is -1.13. The Morgan fingerprint density at radius 1 is 0.880 bits per heavy atom. The first-order valence-corrected chi connectivity index (χ1v) is 7.94. The summed E-state index contributed by atoms with van der Waals surface area (Å²) in [5.41, 5.74) is 1.35. The monoisotopic (exact) mass is 330 g/mol. The molecule has 0 unspecified atom stereocenters. The maximum Gasteiger partial charge on any atom is 0.252 e. The second-order valence-electron chi connectivity index (χ2n) is 5.76. The molecule has 0 aliphatic carbocycles. The molecule has 3 nitrogen and oxygen atoms in total. The number of carbonyl (C=O) groups excluding carboxylic acids is 1. The van der Waals surface area contributed by atoms with E-state index in [4.69, 9.17) is 0 Å². The molecule has 0 atom stereocenters. The average molecular weight is 330 g/mol. The van der Waals surface area contributed by atoms with Crippen LogP contribution in [-0.4, -0.2) is 10.5 Å². The van der Waals surface area contributed by atoms with Crippen LogP contribution in [0.2, 0.25) is 0 Å². The van der Waals surface area contributed by atoms with Crippen LogP contribution in [0.4, 0.5) is 10.1 Å². The number of halogens is 1. The number of para-hydroxylation sites is 1. The molecule has 0 saturated heterocycles. The smallest absolute Gasteiger partial charge is 0.252 e. The lowest BCUT2D eigenvalue weighted by Crippen LogP contribution is -2.09. The molecular weight excluding hydrogens is 315 g/mol. The van der Waals surface area contributed by atoms with E-state index >= 15 is 0 Å². The van der Waals surface area contributed by atoms with Gasteiger partial charge in [-0.1, -0.05) is 48.5 Å². The lowest BCUT2D eigenvalue weighted by Gasteiger charge is -2.05. The van der Waals surface area contributed by atoms with Gasteiger partial charge in [-0.05, 0) is 35.0 Å². The van der Waals surface area contributed by atoms with Crippen LogP contribution in [0.5, 0.6) is 0 Å². The highest BCUT2D eigenvalue weighted by molar-refractivity contribution is 6.03. The quantitative estimate of drug-likeness (QED) is 0.515. The van der Waals surface area contributed by atoms with Gasteiger partial charge in [0.25, 0.3) is 5.91 Å². The van der Waals surface area contributed by atoms with Crippen molar-refractivity contribution in [3.05, 3.63) is 85.1 Å². The summed E-state index contributed by atoms with van der Waals surface area (Å²) in [4.78, 5) is 12.1. The van der Waals surface area contributed by atoms with E-state index in [0.717, 1.165) is 27.8 Å². The van der Waals surface area contributed by atoms with Crippen LogP contribution in [-0.2, 0) is 4.79 Å². The largest absolute Gasteiger partial charge is 0.322 e. The molecule has 0 bridgehead atoms. The molecule has 0 spiro atoms. The first-order valence-electron chi connectivity index (χ1n) is 7.94. The maximum atomic E-state index is 14.5. The zero-order valence-corrected chi connectivity index (χ0v) is 13.3. The maximum absolute atomic E-state index is 14.5. The van der Waals surface area contributed by atoms with Gasteiger partial charge in [-0.25, -0.2) is 0 Å². The van der Waals surface area contributed by atoms with Crippen molar-refractivity contribution >= 4 is 39.2 Å². The van der Waals surface area contributed by atoms with Gasteiger partial charge >= 0.3 is 0 Å². The molecule has 0 saturated carbocycles. The molecular formula is C21H15FN2O. The fourth-order valence-electron chi connectivity index (χ4n) is 2.89. The number of nitrogens with zero attached hydrogens (tertiary/aromatic N) is 1. The molecule has 1 amide bonds. The highest BCUT2D eigenvalue weighted by Crippen LogP contribution is 2.21. The molecule has 1 aromatic heterocycles. The van der Waals surface area contributed by atoms with E-state index in [0.29, 0.717) is 5.69 Å². The molecule has 4 heteroatoms. The average Bonchev–Trinajstić information content (AvgIpc) is 3.05. The Kier molecular flexibility index (Phi) is 3.78. The molecule has 0 aliphatic rings. The van der Waals surface area contributed by atoms with Crippen molar-refractivity contribution in [2.24, 2.45) is 0 Å². The molecule has 0 fully saturated rings. The molecule has 3 aromatic carbocycles. The second kappa shape index (κ2) is 6.24. The molecule has 1 heterocycles. The van der Waals surface area contributed by atoms with E-state index < -0.39 is 11.9 Å². The van der Waals surface area contributed by atoms with Crippen molar-refractivity contribution in [2.75, 3.05) is 5.32 Å². The zero-order chi connectivity index (χ0) is 17.2. The van der Waals surface area contributed by atoms with Gasteiger partial charge in [-0.15, -0.1) is 0 Å². The molecule has 4 rings (SSSR count). The number of benzene rings is 3. The minimum absolute atomic E-state index is 0.509. The van der Waals surface area contributed by atoms with Gasteiger partial charge in [-0.2, -0.15) is 4.39 Å². The Hall–Kier alpha value is -3.40. The van der Waals surface area contributed by atoms with Gasteiger partial charge in [0, 0.05) is 17.3 Å². The van der Waals surface area contributed by atoms with E-state index in [9.17, 15) is 9.18 Å². The Morgan fingerprint density at radius 2 is 1.60 bits per heavy atom. The Balaban J connectivity index is 1.58. The van der Waals surface area contributed by atoms with Crippen LogP contribution in [0.25, 0.3) is 27.6 Å². The fraction of sp³-hybridized carbons (Fsp3) is 0. The van der Waals surface area contributed by atoms with E-state index in [1.54, 1.807) is 12.3 Å².